The van der Waals surface area contributed by atoms with Gasteiger partial charge in [-0.25, -0.2) is 0 Å². The van der Waals surface area contributed by atoms with Gasteiger partial charge < -0.3 is 15.5 Å². The highest BCUT2D eigenvalue weighted by atomic mass is 16.3. The first-order valence-corrected chi connectivity index (χ1v) is 7.08. The van der Waals surface area contributed by atoms with Gasteiger partial charge in [-0.1, -0.05) is 5.21 Å². The number of nitrogens with zero attached hydrogens (tertiary/aromatic N) is 3. The number of aliphatic hydroxyl groups is 2. The van der Waals surface area contributed by atoms with Gasteiger partial charge in [0.2, 0.25) is 5.91 Å². The molecule has 1 aromatic heterocycles. The van der Waals surface area contributed by atoms with E-state index < -0.39 is 12.2 Å². The van der Waals surface area contributed by atoms with Crippen molar-refractivity contribution in [3.63, 3.8) is 0 Å². The molecule has 4 unspecified atom stereocenters. The highest BCUT2D eigenvalue weighted by Crippen LogP contribution is 2.38. The molecule has 0 bridgehead atoms. The van der Waals surface area contributed by atoms with Crippen molar-refractivity contribution in [2.75, 3.05) is 0 Å². The van der Waals surface area contributed by atoms with Crippen LogP contribution in [0.5, 0.6) is 0 Å². The average molecular weight is 280 g/mol. The molecule has 3 rings (SSSR count). The van der Waals surface area contributed by atoms with Gasteiger partial charge in [0, 0.05) is 31.5 Å². The number of amides is 1. The van der Waals surface area contributed by atoms with E-state index in [-0.39, 0.29) is 17.9 Å². The molecule has 20 heavy (non-hydrogen) atoms. The van der Waals surface area contributed by atoms with Crippen LogP contribution in [0.4, 0.5) is 0 Å². The van der Waals surface area contributed by atoms with Gasteiger partial charge in [-0.05, 0) is 19.3 Å². The summed E-state index contributed by atoms with van der Waals surface area (Å²) >= 11 is 0. The molecule has 3 N–H and O–H groups in total. The summed E-state index contributed by atoms with van der Waals surface area (Å²) in [5.74, 6) is 0.226. The zero-order valence-corrected chi connectivity index (χ0v) is 11.4. The Kier molecular flexibility index (Phi) is 3.47. The quantitative estimate of drug-likeness (QED) is 0.684. The van der Waals surface area contributed by atoms with Gasteiger partial charge in [0.15, 0.2) is 0 Å². The number of aromatic nitrogens is 3. The summed E-state index contributed by atoms with van der Waals surface area (Å²) in [5, 5.41) is 30.9. The van der Waals surface area contributed by atoms with E-state index in [1.165, 1.54) is 19.8 Å². The van der Waals surface area contributed by atoms with Crippen molar-refractivity contribution in [1.29, 1.82) is 0 Å². The van der Waals surface area contributed by atoms with E-state index in [4.69, 9.17) is 0 Å². The summed E-state index contributed by atoms with van der Waals surface area (Å²) in [6.45, 7) is 1.92. The number of rotatable bonds is 4. The van der Waals surface area contributed by atoms with Crippen molar-refractivity contribution < 1.29 is 15.0 Å². The normalized spacial score (nSPS) is 33.4. The summed E-state index contributed by atoms with van der Waals surface area (Å²) in [6.07, 6.45) is 3.04. The van der Waals surface area contributed by atoms with Gasteiger partial charge in [0.05, 0.1) is 17.8 Å². The van der Waals surface area contributed by atoms with Gasteiger partial charge in [-0.3, -0.25) is 9.48 Å². The van der Waals surface area contributed by atoms with Crippen molar-refractivity contribution in [2.24, 2.45) is 5.92 Å². The molecule has 2 saturated carbocycles. The van der Waals surface area contributed by atoms with Crippen molar-refractivity contribution in [3.8, 4) is 0 Å². The van der Waals surface area contributed by atoms with Crippen molar-refractivity contribution in [1.82, 2.24) is 20.3 Å². The van der Waals surface area contributed by atoms with Crippen molar-refractivity contribution in [3.05, 3.63) is 11.9 Å². The minimum absolute atomic E-state index is 0.129. The molecule has 7 heteroatoms. The van der Waals surface area contributed by atoms with Gasteiger partial charge in [0.25, 0.3) is 0 Å². The fourth-order valence-electron chi connectivity index (χ4n) is 2.92. The van der Waals surface area contributed by atoms with E-state index in [9.17, 15) is 15.0 Å². The second-order valence-corrected chi connectivity index (χ2v) is 5.92. The van der Waals surface area contributed by atoms with E-state index in [1.54, 1.807) is 4.68 Å². The number of carbonyl (C=O) groups excluding carboxylic acids is 1. The van der Waals surface area contributed by atoms with E-state index >= 15 is 0 Å². The maximum Gasteiger partial charge on any atom is 0.217 e. The lowest BCUT2D eigenvalue weighted by atomic mass is 10.1. The molecule has 110 valence electrons. The van der Waals surface area contributed by atoms with Crippen LogP contribution in [-0.2, 0) is 11.3 Å². The Labute approximate surface area is 117 Å². The zero-order chi connectivity index (χ0) is 14.3. The van der Waals surface area contributed by atoms with E-state index in [0.717, 1.165) is 5.69 Å². The molecule has 2 aliphatic rings. The van der Waals surface area contributed by atoms with Crippen LogP contribution in [-0.4, -0.2) is 49.4 Å². The molecule has 0 radical (unpaired) electrons. The molecule has 0 saturated heterocycles. The summed E-state index contributed by atoms with van der Waals surface area (Å²) in [5.41, 5.74) is 1.01. The highest BCUT2D eigenvalue weighted by molar-refractivity contribution is 5.73. The summed E-state index contributed by atoms with van der Waals surface area (Å²) in [4.78, 5) is 11.1. The lowest BCUT2D eigenvalue weighted by Crippen LogP contribution is -2.42. The summed E-state index contributed by atoms with van der Waals surface area (Å²) in [6, 6.07) is -0.390. The molecule has 0 spiro atoms. The predicted molar refractivity (Wildman–Crippen MR) is 69.7 cm³/mol. The Bertz CT molecular complexity index is 500. The fraction of sp³-hybridized carbons (Fsp3) is 0.769. The topological polar surface area (TPSA) is 100 Å². The standard InChI is InChI=1S/C13H20N4O3/c1-7(18)14-10-4-9(12(19)13(10)20)5-17-6-11(15-16-17)8-2-3-8/h6,8-10,12-13,19-20H,2-5H2,1H3,(H,14,18). The minimum Gasteiger partial charge on any atom is -0.390 e. The van der Waals surface area contributed by atoms with Crippen LogP contribution in [0, 0.1) is 5.92 Å². The Morgan fingerprint density at radius 1 is 1.45 bits per heavy atom. The third-order valence-electron chi connectivity index (χ3n) is 4.16. The van der Waals surface area contributed by atoms with E-state index in [0.29, 0.717) is 18.9 Å². The van der Waals surface area contributed by atoms with Crippen LogP contribution in [0.2, 0.25) is 0 Å². The van der Waals surface area contributed by atoms with Crippen molar-refractivity contribution in [2.45, 2.75) is 56.9 Å². The molecule has 0 aromatic carbocycles. The molecule has 0 aliphatic heterocycles. The van der Waals surface area contributed by atoms with Crippen LogP contribution in [0.25, 0.3) is 0 Å². The second-order valence-electron chi connectivity index (χ2n) is 5.92. The van der Waals surface area contributed by atoms with Crippen LogP contribution in [0.3, 0.4) is 0 Å². The third kappa shape index (κ3) is 2.69. The van der Waals surface area contributed by atoms with Crippen molar-refractivity contribution >= 4 is 5.91 Å². The highest BCUT2D eigenvalue weighted by Gasteiger charge is 2.42. The average Bonchev–Trinajstić information content (AvgIpc) is 3.09. The third-order valence-corrected chi connectivity index (χ3v) is 4.16. The second kappa shape index (κ2) is 5.14. The Morgan fingerprint density at radius 2 is 2.20 bits per heavy atom. The van der Waals surface area contributed by atoms with Crippen LogP contribution < -0.4 is 5.32 Å². The Hall–Kier alpha value is -1.47. The first-order valence-electron chi connectivity index (χ1n) is 7.08. The SMILES string of the molecule is CC(=O)NC1CC(Cn2cc(C3CC3)nn2)C(O)C1O. The first kappa shape index (κ1) is 13.5. The van der Waals surface area contributed by atoms with E-state index in [1.807, 2.05) is 6.20 Å². The van der Waals surface area contributed by atoms with Gasteiger partial charge >= 0.3 is 0 Å². The Morgan fingerprint density at radius 3 is 2.85 bits per heavy atom. The Balaban J connectivity index is 1.62. The van der Waals surface area contributed by atoms with Gasteiger partial charge in [0.1, 0.15) is 6.10 Å². The minimum atomic E-state index is -0.921. The monoisotopic (exact) mass is 280 g/mol. The molecular weight excluding hydrogens is 260 g/mol. The predicted octanol–water partition coefficient (Wildman–Crippen LogP) is -0.598. The fourth-order valence-corrected chi connectivity index (χ4v) is 2.92. The molecule has 1 aromatic rings. The maximum absolute atomic E-state index is 11.1. The number of hydrogen-bond acceptors (Lipinski definition) is 5. The molecule has 1 heterocycles. The molecule has 1 amide bonds. The molecule has 7 nitrogen and oxygen atoms in total. The number of hydrogen-bond donors (Lipinski definition) is 3. The summed E-state index contributed by atoms with van der Waals surface area (Å²) < 4.78 is 1.73. The largest absolute Gasteiger partial charge is 0.390 e. The first-order chi connectivity index (χ1) is 9.54. The zero-order valence-electron chi connectivity index (χ0n) is 11.4. The summed E-state index contributed by atoms with van der Waals surface area (Å²) in [7, 11) is 0. The number of carbonyl (C=O) groups is 1. The lowest BCUT2D eigenvalue weighted by Gasteiger charge is -2.17. The lowest BCUT2D eigenvalue weighted by molar-refractivity contribution is -0.120. The number of nitrogens with one attached hydrogen (secondary N) is 1. The van der Waals surface area contributed by atoms with Gasteiger partial charge in [-0.15, -0.1) is 5.10 Å². The molecule has 2 fully saturated rings. The van der Waals surface area contributed by atoms with E-state index in [2.05, 4.69) is 15.6 Å². The van der Waals surface area contributed by atoms with Gasteiger partial charge in [-0.2, -0.15) is 0 Å². The number of aliphatic hydroxyl groups excluding tert-OH is 2. The molecular formula is C13H20N4O3. The molecule has 2 aliphatic carbocycles. The van der Waals surface area contributed by atoms with Crippen LogP contribution >= 0.6 is 0 Å². The maximum atomic E-state index is 11.1. The van der Waals surface area contributed by atoms with Crippen LogP contribution in [0.1, 0.15) is 37.8 Å². The van der Waals surface area contributed by atoms with Crippen LogP contribution in [0.15, 0.2) is 6.20 Å². The molecule has 4 atom stereocenters. The smallest absolute Gasteiger partial charge is 0.217 e.